The predicted molar refractivity (Wildman–Crippen MR) is 71.5 cm³/mol. The molecule has 0 spiro atoms. The van der Waals surface area contributed by atoms with Crippen molar-refractivity contribution in [3.63, 3.8) is 0 Å². The molecule has 1 saturated carbocycles. The number of nitrogens with one attached hydrogen (secondary N) is 1. The van der Waals surface area contributed by atoms with Gasteiger partial charge < -0.3 is 10.1 Å². The Morgan fingerprint density at radius 3 is 2.89 bits per heavy atom. The van der Waals surface area contributed by atoms with Gasteiger partial charge in [0, 0.05) is 10.6 Å². The van der Waals surface area contributed by atoms with E-state index in [1.54, 1.807) is 13.0 Å². The molecule has 5 heteroatoms. The molecule has 1 fully saturated rings. The van der Waals surface area contributed by atoms with Gasteiger partial charge in [-0.05, 0) is 44.4 Å². The summed E-state index contributed by atoms with van der Waals surface area (Å²) < 4.78 is 18.9. The van der Waals surface area contributed by atoms with Crippen LogP contribution in [0.15, 0.2) is 18.2 Å². The number of hydrogen-bond donors (Lipinski definition) is 1. The van der Waals surface area contributed by atoms with E-state index in [1.165, 1.54) is 12.1 Å². The second-order valence-corrected chi connectivity index (χ2v) is 5.08. The number of ether oxygens (including phenoxy) is 1. The topological polar surface area (TPSA) is 38.3 Å². The molecule has 104 valence electrons. The van der Waals surface area contributed by atoms with Crippen molar-refractivity contribution in [2.24, 2.45) is 5.92 Å². The third kappa shape index (κ3) is 3.67. The monoisotopic (exact) mass is 285 g/mol. The summed E-state index contributed by atoms with van der Waals surface area (Å²) in [5.74, 6) is -0.411. The van der Waals surface area contributed by atoms with Crippen molar-refractivity contribution in [2.75, 3.05) is 13.2 Å². The van der Waals surface area contributed by atoms with E-state index >= 15 is 0 Å². The summed E-state index contributed by atoms with van der Waals surface area (Å²) in [6.07, 6.45) is 2.29. The van der Waals surface area contributed by atoms with Crippen LogP contribution < -0.4 is 5.32 Å². The maximum atomic E-state index is 13.9. The Balaban J connectivity index is 2.21. The van der Waals surface area contributed by atoms with Gasteiger partial charge in [-0.2, -0.15) is 0 Å². The third-order valence-corrected chi connectivity index (χ3v) is 3.45. The van der Waals surface area contributed by atoms with Crippen LogP contribution in [0, 0.1) is 11.7 Å². The summed E-state index contributed by atoms with van der Waals surface area (Å²) in [4.78, 5) is 12.0. The predicted octanol–water partition coefficient (Wildman–Crippen LogP) is 3.08. The van der Waals surface area contributed by atoms with Crippen LogP contribution >= 0.6 is 11.6 Å². The first-order valence-corrected chi connectivity index (χ1v) is 6.85. The van der Waals surface area contributed by atoms with Gasteiger partial charge in [0.05, 0.1) is 6.61 Å². The number of rotatable bonds is 6. The molecule has 1 aromatic rings. The molecule has 19 heavy (non-hydrogen) atoms. The number of halogens is 2. The highest BCUT2D eigenvalue weighted by Gasteiger charge is 2.30. The second kappa shape index (κ2) is 6.35. The molecular weight excluding hydrogens is 269 g/mol. The van der Waals surface area contributed by atoms with E-state index < -0.39 is 17.8 Å². The molecule has 1 aliphatic carbocycles. The van der Waals surface area contributed by atoms with Crippen molar-refractivity contribution in [3.05, 3.63) is 34.6 Å². The molecular formula is C14H17ClFNO2. The number of carbonyl (C=O) groups is 1. The highest BCUT2D eigenvalue weighted by molar-refractivity contribution is 6.31. The number of carbonyl (C=O) groups excluding carboxylic acids is 1. The smallest absolute Gasteiger partial charge is 0.327 e. The summed E-state index contributed by atoms with van der Waals surface area (Å²) >= 11 is 6.01. The Morgan fingerprint density at radius 2 is 2.32 bits per heavy atom. The van der Waals surface area contributed by atoms with E-state index in [0.717, 1.165) is 12.8 Å². The van der Waals surface area contributed by atoms with Gasteiger partial charge in [-0.15, -0.1) is 0 Å². The minimum Gasteiger partial charge on any atom is -0.465 e. The van der Waals surface area contributed by atoms with Crippen LogP contribution in [0.5, 0.6) is 0 Å². The van der Waals surface area contributed by atoms with E-state index in [1.807, 2.05) is 0 Å². The summed E-state index contributed by atoms with van der Waals surface area (Å²) in [7, 11) is 0. The zero-order valence-electron chi connectivity index (χ0n) is 10.8. The van der Waals surface area contributed by atoms with E-state index in [4.69, 9.17) is 16.3 Å². The van der Waals surface area contributed by atoms with Crippen LogP contribution in [0.25, 0.3) is 0 Å². The summed E-state index contributed by atoms with van der Waals surface area (Å²) in [6, 6.07) is 3.55. The van der Waals surface area contributed by atoms with E-state index in [0.29, 0.717) is 12.5 Å². The van der Waals surface area contributed by atoms with Gasteiger partial charge in [-0.3, -0.25) is 0 Å². The number of benzene rings is 1. The maximum absolute atomic E-state index is 13.9. The van der Waals surface area contributed by atoms with Gasteiger partial charge in [0.1, 0.15) is 11.9 Å². The maximum Gasteiger partial charge on any atom is 0.327 e. The number of esters is 1. The lowest BCUT2D eigenvalue weighted by molar-refractivity contribution is -0.146. The minimum atomic E-state index is -0.839. The summed E-state index contributed by atoms with van der Waals surface area (Å²) in [5.41, 5.74) is 0.170. The fraction of sp³-hybridized carbons (Fsp3) is 0.500. The molecule has 0 aliphatic heterocycles. The lowest BCUT2D eigenvalue weighted by Crippen LogP contribution is -2.32. The first kappa shape index (κ1) is 14.3. The van der Waals surface area contributed by atoms with Gasteiger partial charge in [0.25, 0.3) is 0 Å². The Bertz CT molecular complexity index is 443. The molecule has 1 N–H and O–H groups in total. The molecule has 0 saturated heterocycles. The number of hydrogen-bond acceptors (Lipinski definition) is 3. The molecule has 1 aliphatic rings. The normalized spacial score (nSPS) is 16.2. The lowest BCUT2D eigenvalue weighted by Gasteiger charge is -2.19. The van der Waals surface area contributed by atoms with Crippen molar-refractivity contribution in [1.82, 2.24) is 5.32 Å². The standard InChI is InChI=1S/C14H17ClFNO2/c1-2-19-14(18)13(17-8-9-6-7-9)12-10(15)4-3-5-11(12)16/h3-5,9,13,17H,2,6-8H2,1H3. The Labute approximate surface area is 117 Å². The molecule has 1 unspecified atom stereocenters. The highest BCUT2D eigenvalue weighted by Crippen LogP contribution is 2.31. The van der Waals surface area contributed by atoms with Gasteiger partial charge >= 0.3 is 5.97 Å². The molecule has 3 nitrogen and oxygen atoms in total. The molecule has 1 atom stereocenters. The Kier molecular flexibility index (Phi) is 4.77. The van der Waals surface area contributed by atoms with Crippen LogP contribution in [0.4, 0.5) is 4.39 Å². The largest absolute Gasteiger partial charge is 0.465 e. The first-order valence-electron chi connectivity index (χ1n) is 6.47. The van der Waals surface area contributed by atoms with Crippen LogP contribution in [0.2, 0.25) is 5.02 Å². The van der Waals surface area contributed by atoms with E-state index in [-0.39, 0.29) is 17.2 Å². The van der Waals surface area contributed by atoms with Gasteiger partial charge in [-0.1, -0.05) is 17.7 Å². The van der Waals surface area contributed by atoms with Crippen molar-refractivity contribution < 1.29 is 13.9 Å². The zero-order chi connectivity index (χ0) is 13.8. The van der Waals surface area contributed by atoms with Crippen molar-refractivity contribution in [2.45, 2.75) is 25.8 Å². The lowest BCUT2D eigenvalue weighted by atomic mass is 10.1. The average Bonchev–Trinajstić information content (AvgIpc) is 3.17. The quantitative estimate of drug-likeness (QED) is 0.816. The van der Waals surface area contributed by atoms with Crippen LogP contribution in [-0.2, 0) is 9.53 Å². The second-order valence-electron chi connectivity index (χ2n) is 4.67. The SMILES string of the molecule is CCOC(=O)C(NCC1CC1)c1c(F)cccc1Cl. The molecule has 0 heterocycles. The molecule has 0 radical (unpaired) electrons. The summed E-state index contributed by atoms with van der Waals surface area (Å²) in [5, 5.41) is 3.30. The van der Waals surface area contributed by atoms with Crippen molar-refractivity contribution >= 4 is 17.6 Å². The fourth-order valence-electron chi connectivity index (χ4n) is 1.92. The van der Waals surface area contributed by atoms with E-state index in [2.05, 4.69) is 5.32 Å². The van der Waals surface area contributed by atoms with Gasteiger partial charge in [-0.25, -0.2) is 9.18 Å². The average molecular weight is 286 g/mol. The highest BCUT2D eigenvalue weighted by atomic mass is 35.5. The summed E-state index contributed by atoms with van der Waals surface area (Å²) in [6.45, 7) is 2.65. The Morgan fingerprint density at radius 1 is 1.58 bits per heavy atom. The Hall–Kier alpha value is -1.13. The van der Waals surface area contributed by atoms with Gasteiger partial charge in [0.15, 0.2) is 0 Å². The third-order valence-electron chi connectivity index (χ3n) is 3.12. The molecule has 0 amide bonds. The van der Waals surface area contributed by atoms with Crippen LogP contribution in [-0.4, -0.2) is 19.1 Å². The first-order chi connectivity index (χ1) is 9.13. The zero-order valence-corrected chi connectivity index (χ0v) is 11.5. The van der Waals surface area contributed by atoms with Crippen LogP contribution in [0.1, 0.15) is 31.4 Å². The molecule has 0 bridgehead atoms. The minimum absolute atomic E-state index is 0.170. The van der Waals surface area contributed by atoms with Crippen molar-refractivity contribution in [3.8, 4) is 0 Å². The van der Waals surface area contributed by atoms with Crippen LogP contribution in [0.3, 0.4) is 0 Å². The van der Waals surface area contributed by atoms with Gasteiger partial charge in [0.2, 0.25) is 0 Å². The fourth-order valence-corrected chi connectivity index (χ4v) is 2.19. The van der Waals surface area contributed by atoms with Crippen molar-refractivity contribution in [1.29, 1.82) is 0 Å². The molecule has 2 rings (SSSR count). The van der Waals surface area contributed by atoms with E-state index in [9.17, 15) is 9.18 Å². The molecule has 1 aromatic carbocycles. The molecule has 0 aromatic heterocycles.